The number of alkyl halides is 3. The van der Waals surface area contributed by atoms with Gasteiger partial charge in [0, 0.05) is 43.0 Å². The van der Waals surface area contributed by atoms with Crippen LogP contribution in [0.25, 0.3) is 11.3 Å². The van der Waals surface area contributed by atoms with Gasteiger partial charge in [-0.1, -0.05) is 6.07 Å². The van der Waals surface area contributed by atoms with Crippen molar-refractivity contribution in [3.63, 3.8) is 0 Å². The average Bonchev–Trinajstić information content (AvgIpc) is 2.83. The number of nitrogen functional groups attached to an aromatic ring is 1. The summed E-state index contributed by atoms with van der Waals surface area (Å²) >= 11 is 0. The second kappa shape index (κ2) is 10.2. The Labute approximate surface area is 217 Å². The highest BCUT2D eigenvalue weighted by Crippen LogP contribution is 2.38. The molecule has 4 N–H and O–H groups in total. The van der Waals surface area contributed by atoms with Crippen LogP contribution in [0, 0.1) is 0 Å². The third-order valence-corrected chi connectivity index (χ3v) is 7.44. The molecule has 0 saturated carbocycles. The number of hydrogen-bond donors (Lipinski definition) is 3. The average molecular weight is 557 g/mol. The van der Waals surface area contributed by atoms with Crippen LogP contribution in [0.3, 0.4) is 0 Å². The maximum Gasteiger partial charge on any atom is 0.573 e. The molecule has 0 atom stereocenters. The minimum Gasteiger partial charge on any atom is -0.406 e. The number of nitrogens with one attached hydrogen (secondary N) is 2. The zero-order chi connectivity index (χ0) is 25.5. The molecule has 0 amide bonds. The summed E-state index contributed by atoms with van der Waals surface area (Å²) in [6, 6.07) is 9.15. The molecule has 37 heavy (non-hydrogen) atoms. The molecule has 5 rings (SSSR count). The SMILES string of the molecule is Cl.Nc1nc2c(c(N3CCNCC3)n1)CCc1cc(NS(=O)(=O)c3ccc(OC(F)(F)F)cc3)ccc1-2. The van der Waals surface area contributed by atoms with Crippen LogP contribution in [-0.4, -0.2) is 50.9 Å². The number of rotatable bonds is 5. The van der Waals surface area contributed by atoms with Crippen molar-refractivity contribution in [3.8, 4) is 17.0 Å². The fourth-order valence-corrected chi connectivity index (χ4v) is 5.52. The molecule has 1 saturated heterocycles. The number of nitrogens with zero attached hydrogens (tertiary/aromatic N) is 3. The Balaban J connectivity index is 0.00000320. The third-order valence-electron chi connectivity index (χ3n) is 6.04. The lowest BCUT2D eigenvalue weighted by molar-refractivity contribution is -0.274. The summed E-state index contributed by atoms with van der Waals surface area (Å²) in [6.45, 7) is 3.35. The number of sulfonamides is 1. The summed E-state index contributed by atoms with van der Waals surface area (Å²) in [5, 5.41) is 3.32. The first-order chi connectivity index (χ1) is 17.1. The molecule has 198 valence electrons. The van der Waals surface area contributed by atoms with Gasteiger partial charge >= 0.3 is 6.36 Å². The molecule has 2 aliphatic rings. The molecule has 1 aliphatic carbocycles. The van der Waals surface area contributed by atoms with E-state index in [2.05, 4.69) is 29.6 Å². The van der Waals surface area contributed by atoms with Crippen molar-refractivity contribution in [2.75, 3.05) is 41.5 Å². The molecule has 2 heterocycles. The number of aryl methyl sites for hydroxylation is 1. The smallest absolute Gasteiger partial charge is 0.406 e. The van der Waals surface area contributed by atoms with E-state index in [0.29, 0.717) is 18.5 Å². The molecular weight excluding hydrogens is 533 g/mol. The van der Waals surface area contributed by atoms with Crippen molar-refractivity contribution in [2.24, 2.45) is 0 Å². The number of aromatic nitrogens is 2. The summed E-state index contributed by atoms with van der Waals surface area (Å²) < 4.78 is 69.0. The molecule has 0 bridgehead atoms. The van der Waals surface area contributed by atoms with Crippen molar-refractivity contribution >= 4 is 39.9 Å². The number of hydrogen-bond acceptors (Lipinski definition) is 8. The van der Waals surface area contributed by atoms with Gasteiger partial charge in [0.15, 0.2) is 0 Å². The van der Waals surface area contributed by atoms with Gasteiger partial charge < -0.3 is 20.7 Å². The Kier molecular flexibility index (Phi) is 7.40. The fourth-order valence-electron chi connectivity index (χ4n) is 4.47. The molecule has 0 radical (unpaired) electrons. The van der Waals surface area contributed by atoms with Crippen LogP contribution in [0.1, 0.15) is 11.1 Å². The molecule has 14 heteroatoms. The number of nitrogens with two attached hydrogens (primary N) is 1. The van der Waals surface area contributed by atoms with E-state index >= 15 is 0 Å². The van der Waals surface area contributed by atoms with E-state index < -0.39 is 22.1 Å². The standard InChI is InChI=1S/C23H23F3N6O3S.ClH/c24-23(25,26)35-16-3-5-17(6-4-16)36(33,34)31-15-2-8-18-14(13-15)1-7-19-20(18)29-22(27)30-21(19)32-11-9-28-10-12-32;/h2-6,8,13,28,31H,1,7,9-12H2,(H2,27,29,30);1H. The normalized spacial score (nSPS) is 15.3. The van der Waals surface area contributed by atoms with Gasteiger partial charge in [-0.15, -0.1) is 25.6 Å². The summed E-state index contributed by atoms with van der Waals surface area (Å²) in [4.78, 5) is 11.0. The largest absolute Gasteiger partial charge is 0.573 e. The minimum atomic E-state index is -4.86. The van der Waals surface area contributed by atoms with Gasteiger partial charge in [0.1, 0.15) is 11.6 Å². The Hall–Kier alpha value is -3.29. The highest BCUT2D eigenvalue weighted by Gasteiger charge is 2.31. The van der Waals surface area contributed by atoms with E-state index in [1.54, 1.807) is 18.2 Å². The number of benzene rings is 2. The van der Waals surface area contributed by atoms with Crippen molar-refractivity contribution in [1.82, 2.24) is 15.3 Å². The van der Waals surface area contributed by atoms with Gasteiger partial charge in [-0.25, -0.2) is 13.4 Å². The van der Waals surface area contributed by atoms with E-state index in [9.17, 15) is 21.6 Å². The number of ether oxygens (including phenoxy) is 1. The summed E-state index contributed by atoms with van der Waals surface area (Å²) in [7, 11) is -4.03. The molecule has 0 spiro atoms. The Morgan fingerprint density at radius 3 is 2.41 bits per heavy atom. The first kappa shape index (κ1) is 26.8. The Morgan fingerprint density at radius 1 is 1.03 bits per heavy atom. The summed E-state index contributed by atoms with van der Waals surface area (Å²) in [5.41, 5.74) is 9.90. The number of piperazine rings is 1. The predicted octanol–water partition coefficient (Wildman–Crippen LogP) is 3.36. The van der Waals surface area contributed by atoms with Crippen LogP contribution >= 0.6 is 12.4 Å². The minimum absolute atomic E-state index is 0. The first-order valence-electron chi connectivity index (χ1n) is 11.2. The van der Waals surface area contributed by atoms with Gasteiger partial charge in [-0.2, -0.15) is 4.98 Å². The quantitative estimate of drug-likeness (QED) is 0.437. The van der Waals surface area contributed by atoms with E-state index in [4.69, 9.17) is 5.73 Å². The van der Waals surface area contributed by atoms with Crippen LogP contribution in [-0.2, 0) is 22.9 Å². The summed E-state index contributed by atoms with van der Waals surface area (Å²) in [6.07, 6.45) is -3.52. The monoisotopic (exact) mass is 556 g/mol. The van der Waals surface area contributed by atoms with Crippen LogP contribution < -0.4 is 25.4 Å². The van der Waals surface area contributed by atoms with Crippen LogP contribution in [0.5, 0.6) is 5.75 Å². The van der Waals surface area contributed by atoms with Crippen molar-refractivity contribution in [1.29, 1.82) is 0 Å². The second-order valence-corrected chi connectivity index (χ2v) is 10.1. The maximum absolute atomic E-state index is 12.8. The first-order valence-corrected chi connectivity index (χ1v) is 12.7. The van der Waals surface area contributed by atoms with Gasteiger partial charge in [-0.3, -0.25) is 4.72 Å². The second-order valence-electron chi connectivity index (χ2n) is 8.47. The zero-order valence-corrected chi connectivity index (χ0v) is 21.0. The van der Waals surface area contributed by atoms with Gasteiger partial charge in [0.2, 0.25) is 5.95 Å². The van der Waals surface area contributed by atoms with Crippen molar-refractivity contribution in [3.05, 3.63) is 53.6 Å². The Morgan fingerprint density at radius 2 is 1.73 bits per heavy atom. The summed E-state index contributed by atoms with van der Waals surface area (Å²) in [5.74, 6) is 0.514. The van der Waals surface area contributed by atoms with Gasteiger partial charge in [-0.05, 0) is 54.8 Å². The van der Waals surface area contributed by atoms with E-state index in [-0.39, 0.29) is 23.3 Å². The molecule has 1 aromatic heterocycles. The molecule has 3 aromatic rings. The molecule has 1 fully saturated rings. The van der Waals surface area contributed by atoms with E-state index in [1.807, 2.05) is 0 Å². The molecule has 2 aromatic carbocycles. The number of fused-ring (bicyclic) bond motifs is 3. The van der Waals surface area contributed by atoms with Crippen molar-refractivity contribution in [2.45, 2.75) is 24.1 Å². The van der Waals surface area contributed by atoms with Crippen LogP contribution in [0.2, 0.25) is 0 Å². The lowest BCUT2D eigenvalue weighted by Gasteiger charge is -2.32. The highest BCUT2D eigenvalue weighted by molar-refractivity contribution is 7.92. The Bertz CT molecular complexity index is 1400. The van der Waals surface area contributed by atoms with Crippen LogP contribution in [0.15, 0.2) is 47.4 Å². The van der Waals surface area contributed by atoms with Gasteiger partial charge in [0.25, 0.3) is 10.0 Å². The molecule has 1 aliphatic heterocycles. The lowest BCUT2D eigenvalue weighted by atomic mass is 9.88. The van der Waals surface area contributed by atoms with Crippen molar-refractivity contribution < 1.29 is 26.3 Å². The third kappa shape index (κ3) is 5.84. The molecule has 9 nitrogen and oxygen atoms in total. The predicted molar refractivity (Wildman–Crippen MR) is 136 cm³/mol. The topological polar surface area (TPSA) is 122 Å². The van der Waals surface area contributed by atoms with Gasteiger partial charge in [0.05, 0.1) is 10.6 Å². The highest BCUT2D eigenvalue weighted by atomic mass is 35.5. The van der Waals surface area contributed by atoms with E-state index in [1.165, 1.54) is 0 Å². The molecule has 0 unspecified atom stereocenters. The zero-order valence-electron chi connectivity index (χ0n) is 19.4. The number of halogens is 4. The number of anilines is 3. The fraction of sp³-hybridized carbons (Fsp3) is 0.304. The van der Waals surface area contributed by atoms with E-state index in [0.717, 1.165) is 78.6 Å². The lowest BCUT2D eigenvalue weighted by Crippen LogP contribution is -2.44. The van der Waals surface area contributed by atoms with Crippen LogP contribution in [0.4, 0.5) is 30.6 Å². The molecular formula is C23H24ClF3N6O3S. The maximum atomic E-state index is 12.8.